The van der Waals surface area contributed by atoms with E-state index >= 15 is 0 Å². The fraction of sp³-hybridized carbons (Fsp3) is 0.167. The average molecular weight is 429 g/mol. The van der Waals surface area contributed by atoms with Crippen LogP contribution in [0.5, 0.6) is 5.75 Å². The van der Waals surface area contributed by atoms with Crippen molar-refractivity contribution in [2.45, 2.75) is 19.9 Å². The van der Waals surface area contributed by atoms with Crippen LogP contribution in [0, 0.1) is 6.92 Å². The molecular weight excluding hydrogens is 406 g/mol. The third-order valence-electron chi connectivity index (χ3n) is 5.11. The van der Waals surface area contributed by atoms with E-state index in [1.54, 1.807) is 61.9 Å². The van der Waals surface area contributed by atoms with Gasteiger partial charge in [-0.1, -0.05) is 12.1 Å². The lowest BCUT2D eigenvalue weighted by Crippen LogP contribution is -2.25. The van der Waals surface area contributed by atoms with E-state index in [4.69, 9.17) is 0 Å². The lowest BCUT2D eigenvalue weighted by Gasteiger charge is -2.09. The van der Waals surface area contributed by atoms with Gasteiger partial charge in [-0.25, -0.2) is 9.78 Å². The summed E-state index contributed by atoms with van der Waals surface area (Å²) in [5.41, 5.74) is 3.17. The van der Waals surface area contributed by atoms with Crippen LogP contribution in [0.2, 0.25) is 0 Å². The second kappa shape index (κ2) is 9.30. The minimum absolute atomic E-state index is 0.184. The van der Waals surface area contributed by atoms with Gasteiger partial charge in [0.05, 0.1) is 17.7 Å². The molecular formula is C24H23N5O3. The number of phenols is 1. The van der Waals surface area contributed by atoms with Gasteiger partial charge in [0, 0.05) is 36.6 Å². The third kappa shape index (κ3) is 4.92. The quantitative estimate of drug-likeness (QED) is 0.391. The van der Waals surface area contributed by atoms with E-state index in [2.05, 4.69) is 20.3 Å². The molecule has 0 unspecified atom stereocenters. The van der Waals surface area contributed by atoms with Gasteiger partial charge < -0.3 is 20.0 Å². The molecule has 0 fully saturated rings. The van der Waals surface area contributed by atoms with Crippen LogP contribution in [-0.2, 0) is 6.54 Å². The number of hydrogen-bond acceptors (Lipinski definition) is 5. The molecule has 2 aromatic heterocycles. The molecule has 0 aliphatic rings. The third-order valence-corrected chi connectivity index (χ3v) is 5.11. The van der Waals surface area contributed by atoms with E-state index in [0.717, 1.165) is 18.5 Å². The molecule has 0 bridgehead atoms. The van der Waals surface area contributed by atoms with Crippen LogP contribution < -0.4 is 11.0 Å². The summed E-state index contributed by atoms with van der Waals surface area (Å²) >= 11 is 0. The van der Waals surface area contributed by atoms with E-state index < -0.39 is 5.69 Å². The van der Waals surface area contributed by atoms with Crippen LogP contribution in [0.15, 0.2) is 72.0 Å². The van der Waals surface area contributed by atoms with Crippen LogP contribution in [-0.4, -0.2) is 37.1 Å². The maximum Gasteiger partial charge on any atom is 0.345 e. The normalized spacial score (nSPS) is 10.8. The Kier molecular flexibility index (Phi) is 6.12. The van der Waals surface area contributed by atoms with E-state index in [1.165, 1.54) is 0 Å². The summed E-state index contributed by atoms with van der Waals surface area (Å²) in [5, 5.41) is 12.7. The molecule has 0 atom stereocenters. The van der Waals surface area contributed by atoms with Crippen LogP contribution >= 0.6 is 0 Å². The van der Waals surface area contributed by atoms with Gasteiger partial charge >= 0.3 is 5.69 Å². The van der Waals surface area contributed by atoms with E-state index in [9.17, 15) is 14.7 Å². The SMILES string of the molecule is Cc1cc(-c2cc(-c3cccc(C(=O)NCCCn4ccnc4)c3)nc(=O)[nH]2)ccc1O. The van der Waals surface area contributed by atoms with Gasteiger partial charge in [-0.3, -0.25) is 4.79 Å². The molecule has 32 heavy (non-hydrogen) atoms. The first-order chi connectivity index (χ1) is 15.5. The Morgan fingerprint density at radius 1 is 1.16 bits per heavy atom. The maximum atomic E-state index is 12.6. The van der Waals surface area contributed by atoms with Gasteiger partial charge in [-0.2, -0.15) is 4.98 Å². The topological polar surface area (TPSA) is 113 Å². The maximum absolute atomic E-state index is 12.6. The summed E-state index contributed by atoms with van der Waals surface area (Å²) < 4.78 is 1.96. The van der Waals surface area contributed by atoms with Crippen LogP contribution in [0.1, 0.15) is 22.3 Å². The molecule has 8 nitrogen and oxygen atoms in total. The average Bonchev–Trinajstić information content (AvgIpc) is 3.32. The predicted molar refractivity (Wildman–Crippen MR) is 121 cm³/mol. The number of H-pyrrole nitrogens is 1. The van der Waals surface area contributed by atoms with Gasteiger partial charge in [-0.15, -0.1) is 0 Å². The number of phenolic OH excluding ortho intramolecular Hbond substituents is 1. The van der Waals surface area contributed by atoms with Crippen molar-refractivity contribution in [2.75, 3.05) is 6.54 Å². The molecule has 0 aliphatic heterocycles. The lowest BCUT2D eigenvalue weighted by atomic mass is 10.0. The second-order valence-electron chi connectivity index (χ2n) is 7.48. The number of hydrogen-bond donors (Lipinski definition) is 3. The van der Waals surface area contributed by atoms with Crippen molar-refractivity contribution < 1.29 is 9.90 Å². The Balaban J connectivity index is 1.51. The molecule has 1 amide bonds. The van der Waals surface area contributed by atoms with Crippen molar-refractivity contribution in [1.82, 2.24) is 24.8 Å². The van der Waals surface area contributed by atoms with Crippen molar-refractivity contribution in [3.63, 3.8) is 0 Å². The van der Waals surface area contributed by atoms with E-state index in [-0.39, 0.29) is 11.7 Å². The van der Waals surface area contributed by atoms with Gasteiger partial charge in [0.15, 0.2) is 0 Å². The molecule has 4 rings (SSSR count). The van der Waals surface area contributed by atoms with Gasteiger partial charge in [0.2, 0.25) is 0 Å². The van der Waals surface area contributed by atoms with Gasteiger partial charge in [0.25, 0.3) is 5.91 Å². The highest BCUT2D eigenvalue weighted by Crippen LogP contribution is 2.26. The van der Waals surface area contributed by atoms with Crippen LogP contribution in [0.4, 0.5) is 0 Å². The molecule has 2 aromatic carbocycles. The molecule has 0 aliphatic carbocycles. The number of aromatic nitrogens is 4. The number of imidazole rings is 1. The number of aromatic amines is 1. The first kappa shape index (κ1) is 21.0. The number of nitrogens with one attached hydrogen (secondary N) is 2. The Morgan fingerprint density at radius 3 is 2.81 bits per heavy atom. The highest BCUT2D eigenvalue weighted by molar-refractivity contribution is 5.95. The summed E-state index contributed by atoms with van der Waals surface area (Å²) in [5.74, 6) is 0.00539. The number of benzene rings is 2. The zero-order valence-corrected chi connectivity index (χ0v) is 17.6. The summed E-state index contributed by atoms with van der Waals surface area (Å²) in [7, 11) is 0. The number of carbonyl (C=O) groups is 1. The molecule has 0 saturated carbocycles. The number of carbonyl (C=O) groups excluding carboxylic acids is 1. The van der Waals surface area contributed by atoms with E-state index in [1.807, 2.05) is 16.8 Å². The number of nitrogens with zero attached hydrogens (tertiary/aromatic N) is 3. The van der Waals surface area contributed by atoms with Crippen LogP contribution in [0.3, 0.4) is 0 Å². The fourth-order valence-corrected chi connectivity index (χ4v) is 3.39. The van der Waals surface area contributed by atoms with Gasteiger partial charge in [0.1, 0.15) is 5.75 Å². The highest BCUT2D eigenvalue weighted by Gasteiger charge is 2.10. The second-order valence-corrected chi connectivity index (χ2v) is 7.48. The molecule has 3 N–H and O–H groups in total. The Morgan fingerprint density at radius 2 is 2.03 bits per heavy atom. The van der Waals surface area contributed by atoms with Crippen molar-refractivity contribution >= 4 is 5.91 Å². The molecule has 2 heterocycles. The first-order valence-electron chi connectivity index (χ1n) is 10.3. The smallest absolute Gasteiger partial charge is 0.345 e. The predicted octanol–water partition coefficient (Wildman–Crippen LogP) is 3.13. The zero-order chi connectivity index (χ0) is 22.5. The summed E-state index contributed by atoms with van der Waals surface area (Å²) in [6.07, 6.45) is 6.13. The van der Waals surface area contributed by atoms with Crippen LogP contribution in [0.25, 0.3) is 22.5 Å². The minimum Gasteiger partial charge on any atom is -0.508 e. The Labute approximate surface area is 184 Å². The molecule has 4 aromatic rings. The number of aryl methyl sites for hydroxylation is 2. The zero-order valence-electron chi connectivity index (χ0n) is 17.6. The summed E-state index contributed by atoms with van der Waals surface area (Å²) in [4.78, 5) is 35.6. The highest BCUT2D eigenvalue weighted by atomic mass is 16.3. The fourth-order valence-electron chi connectivity index (χ4n) is 3.39. The standard InChI is InChI=1S/C24H23N5O3/c1-16-12-18(6-7-22(16)30)21-14-20(27-24(32)28-21)17-4-2-5-19(13-17)23(31)26-8-3-10-29-11-9-25-15-29/h2,4-7,9,11-15,30H,3,8,10H2,1H3,(H,26,31)(H,27,28,32). The largest absolute Gasteiger partial charge is 0.508 e. The monoisotopic (exact) mass is 429 g/mol. The number of aromatic hydroxyl groups is 1. The summed E-state index contributed by atoms with van der Waals surface area (Å²) in [6.45, 7) is 3.10. The first-order valence-corrected chi connectivity index (χ1v) is 10.3. The molecule has 0 saturated heterocycles. The summed E-state index contributed by atoms with van der Waals surface area (Å²) in [6, 6.07) is 13.9. The number of rotatable bonds is 7. The molecule has 0 radical (unpaired) electrons. The van der Waals surface area contributed by atoms with E-state index in [0.29, 0.717) is 34.6 Å². The van der Waals surface area contributed by atoms with Crippen molar-refractivity contribution in [3.05, 3.63) is 88.9 Å². The van der Waals surface area contributed by atoms with Gasteiger partial charge in [-0.05, 0) is 60.9 Å². The molecule has 162 valence electrons. The molecule has 8 heteroatoms. The van der Waals surface area contributed by atoms with Crippen molar-refractivity contribution in [2.24, 2.45) is 0 Å². The molecule has 0 spiro atoms. The lowest BCUT2D eigenvalue weighted by molar-refractivity contribution is 0.0952. The Hall–Kier alpha value is -4.20. The van der Waals surface area contributed by atoms with Crippen molar-refractivity contribution in [3.8, 4) is 28.3 Å². The number of amides is 1. The van der Waals surface area contributed by atoms with Crippen molar-refractivity contribution in [1.29, 1.82) is 0 Å². The minimum atomic E-state index is -0.488. The Bertz CT molecular complexity index is 1300.